The fourth-order valence-corrected chi connectivity index (χ4v) is 5.39. The molecule has 0 heteroatoms. The van der Waals surface area contributed by atoms with Crippen LogP contribution in [-0.4, -0.2) is 0 Å². The Morgan fingerprint density at radius 3 is 2.73 bits per heavy atom. The van der Waals surface area contributed by atoms with Crippen molar-refractivity contribution < 1.29 is 0 Å². The second kappa shape index (κ2) is 2.70. The van der Waals surface area contributed by atoms with Crippen LogP contribution in [0.5, 0.6) is 0 Å². The third-order valence-corrected chi connectivity index (χ3v) is 5.84. The molecule has 0 aromatic rings. The van der Waals surface area contributed by atoms with Crippen molar-refractivity contribution in [3.05, 3.63) is 11.6 Å². The lowest BCUT2D eigenvalue weighted by molar-refractivity contribution is 0.169. The maximum Gasteiger partial charge on any atom is -0.0169 e. The van der Waals surface area contributed by atoms with E-state index in [1.54, 1.807) is 5.57 Å². The molecule has 3 aliphatic carbocycles. The summed E-state index contributed by atoms with van der Waals surface area (Å²) in [7, 11) is 0. The van der Waals surface area contributed by atoms with Crippen LogP contribution in [-0.2, 0) is 0 Å². The Labute approximate surface area is 94.1 Å². The van der Waals surface area contributed by atoms with E-state index in [1.165, 1.54) is 25.7 Å². The summed E-state index contributed by atoms with van der Waals surface area (Å²) in [6.45, 7) is 9.95. The molecule has 15 heavy (non-hydrogen) atoms. The van der Waals surface area contributed by atoms with E-state index < -0.39 is 0 Å². The minimum atomic E-state index is 0.593. The van der Waals surface area contributed by atoms with Crippen LogP contribution in [0.15, 0.2) is 11.6 Å². The first-order valence-electron chi connectivity index (χ1n) is 6.61. The van der Waals surface area contributed by atoms with Gasteiger partial charge in [-0.1, -0.05) is 32.4 Å². The lowest BCUT2D eigenvalue weighted by atomic mass is 9.67. The van der Waals surface area contributed by atoms with Crippen molar-refractivity contribution in [1.29, 1.82) is 0 Å². The first kappa shape index (κ1) is 9.93. The molecule has 0 aromatic carbocycles. The molecule has 2 saturated carbocycles. The lowest BCUT2D eigenvalue weighted by Crippen LogP contribution is -2.30. The van der Waals surface area contributed by atoms with Crippen LogP contribution in [0.3, 0.4) is 0 Å². The summed E-state index contributed by atoms with van der Waals surface area (Å²) in [5, 5.41) is 0. The molecule has 0 bridgehead atoms. The van der Waals surface area contributed by atoms with Crippen molar-refractivity contribution in [2.75, 3.05) is 0 Å². The summed E-state index contributed by atoms with van der Waals surface area (Å²) in [6, 6.07) is 0. The summed E-state index contributed by atoms with van der Waals surface area (Å²) >= 11 is 0. The molecule has 0 amide bonds. The molecule has 0 aromatic heterocycles. The normalized spacial score (nSPS) is 51.5. The molecule has 0 radical (unpaired) electrons. The van der Waals surface area contributed by atoms with Gasteiger partial charge in [0.2, 0.25) is 0 Å². The SMILES string of the molecule is CC1=CCC2C3C1CCC3(C)CC2(C)C. The van der Waals surface area contributed by atoms with E-state index in [2.05, 4.69) is 33.8 Å². The van der Waals surface area contributed by atoms with Crippen molar-refractivity contribution in [2.24, 2.45) is 28.6 Å². The first-order chi connectivity index (χ1) is 6.94. The standard InChI is InChI=1S/C15H24/c1-10-5-6-12-13-11(10)7-8-15(13,4)9-14(12,2)3/h5,11-13H,6-9H2,1-4H3. The van der Waals surface area contributed by atoms with Gasteiger partial charge < -0.3 is 0 Å². The Morgan fingerprint density at radius 1 is 1.27 bits per heavy atom. The topological polar surface area (TPSA) is 0 Å². The van der Waals surface area contributed by atoms with Gasteiger partial charge in [-0.2, -0.15) is 0 Å². The number of hydrogen-bond acceptors (Lipinski definition) is 0. The highest BCUT2D eigenvalue weighted by Gasteiger charge is 2.60. The third-order valence-electron chi connectivity index (χ3n) is 5.84. The molecule has 4 unspecified atom stereocenters. The summed E-state index contributed by atoms with van der Waals surface area (Å²) in [4.78, 5) is 0. The van der Waals surface area contributed by atoms with Crippen LogP contribution >= 0.6 is 0 Å². The summed E-state index contributed by atoms with van der Waals surface area (Å²) in [5.41, 5.74) is 2.97. The Bertz CT molecular complexity index is 323. The van der Waals surface area contributed by atoms with Gasteiger partial charge in [-0.25, -0.2) is 0 Å². The van der Waals surface area contributed by atoms with Gasteiger partial charge in [-0.15, -0.1) is 0 Å². The highest BCUT2D eigenvalue weighted by atomic mass is 14.6. The van der Waals surface area contributed by atoms with Crippen LogP contribution in [0.1, 0.15) is 53.4 Å². The van der Waals surface area contributed by atoms with Gasteiger partial charge in [-0.05, 0) is 61.2 Å². The van der Waals surface area contributed by atoms with Gasteiger partial charge >= 0.3 is 0 Å². The largest absolute Gasteiger partial charge is 0.0850 e. The van der Waals surface area contributed by atoms with E-state index in [9.17, 15) is 0 Å². The molecule has 0 saturated heterocycles. The Kier molecular flexibility index (Phi) is 1.79. The second-order valence-electron chi connectivity index (χ2n) is 7.28. The molecule has 4 atom stereocenters. The summed E-state index contributed by atoms with van der Waals surface area (Å²) < 4.78 is 0. The van der Waals surface area contributed by atoms with E-state index in [4.69, 9.17) is 0 Å². The summed E-state index contributed by atoms with van der Waals surface area (Å²) in [6.07, 6.45) is 8.32. The average molecular weight is 204 g/mol. The van der Waals surface area contributed by atoms with E-state index >= 15 is 0 Å². The second-order valence-corrected chi connectivity index (χ2v) is 7.28. The van der Waals surface area contributed by atoms with Gasteiger partial charge in [0.25, 0.3) is 0 Å². The van der Waals surface area contributed by atoms with Crippen LogP contribution in [0, 0.1) is 28.6 Å². The maximum atomic E-state index is 2.57. The van der Waals surface area contributed by atoms with Gasteiger partial charge in [0.15, 0.2) is 0 Å². The molecule has 0 spiro atoms. The molecule has 3 rings (SSSR count). The fourth-order valence-electron chi connectivity index (χ4n) is 5.39. The molecule has 0 heterocycles. The zero-order valence-corrected chi connectivity index (χ0v) is 10.6. The number of hydrogen-bond donors (Lipinski definition) is 0. The third kappa shape index (κ3) is 1.14. The summed E-state index contributed by atoms with van der Waals surface area (Å²) in [5.74, 6) is 2.92. The van der Waals surface area contributed by atoms with E-state index in [0.717, 1.165) is 17.8 Å². The quantitative estimate of drug-likeness (QED) is 0.513. The molecule has 0 aliphatic heterocycles. The van der Waals surface area contributed by atoms with Crippen LogP contribution in [0.2, 0.25) is 0 Å². The Hall–Kier alpha value is -0.260. The van der Waals surface area contributed by atoms with Crippen molar-refractivity contribution in [3.8, 4) is 0 Å². The van der Waals surface area contributed by atoms with Gasteiger partial charge in [0.05, 0.1) is 0 Å². The molecule has 84 valence electrons. The predicted molar refractivity (Wildman–Crippen MR) is 64.6 cm³/mol. The Balaban J connectivity index is 2.06. The number of rotatable bonds is 0. The minimum Gasteiger partial charge on any atom is -0.0850 e. The van der Waals surface area contributed by atoms with Crippen LogP contribution in [0.4, 0.5) is 0 Å². The lowest BCUT2D eigenvalue weighted by Gasteiger charge is -2.37. The van der Waals surface area contributed by atoms with E-state index in [-0.39, 0.29) is 0 Å². The highest BCUT2D eigenvalue weighted by molar-refractivity contribution is 5.21. The van der Waals surface area contributed by atoms with Crippen LogP contribution < -0.4 is 0 Å². The molecular formula is C15H24. The van der Waals surface area contributed by atoms with Gasteiger partial charge in [0.1, 0.15) is 0 Å². The molecule has 3 aliphatic rings. The van der Waals surface area contributed by atoms with Crippen molar-refractivity contribution in [1.82, 2.24) is 0 Å². The van der Waals surface area contributed by atoms with Gasteiger partial charge in [0, 0.05) is 0 Å². The molecule has 2 fully saturated rings. The van der Waals surface area contributed by atoms with Crippen molar-refractivity contribution in [2.45, 2.75) is 53.4 Å². The zero-order valence-electron chi connectivity index (χ0n) is 10.6. The first-order valence-corrected chi connectivity index (χ1v) is 6.61. The van der Waals surface area contributed by atoms with E-state index in [0.29, 0.717) is 10.8 Å². The number of allylic oxidation sites excluding steroid dienone is 2. The van der Waals surface area contributed by atoms with Gasteiger partial charge in [-0.3, -0.25) is 0 Å². The smallest absolute Gasteiger partial charge is 0.0169 e. The van der Waals surface area contributed by atoms with E-state index in [1.807, 2.05) is 0 Å². The molecule has 0 nitrogen and oxygen atoms in total. The maximum absolute atomic E-state index is 2.57. The zero-order chi connectivity index (χ0) is 10.8. The fraction of sp³-hybridized carbons (Fsp3) is 0.867. The monoisotopic (exact) mass is 204 g/mol. The highest BCUT2D eigenvalue weighted by Crippen LogP contribution is 2.68. The van der Waals surface area contributed by atoms with Crippen molar-refractivity contribution >= 4 is 0 Å². The molecule has 0 N–H and O–H groups in total. The average Bonchev–Trinajstić information content (AvgIpc) is 2.53. The van der Waals surface area contributed by atoms with Crippen LogP contribution in [0.25, 0.3) is 0 Å². The Morgan fingerprint density at radius 2 is 2.00 bits per heavy atom. The molecular weight excluding hydrogens is 180 g/mol. The minimum absolute atomic E-state index is 0.593. The predicted octanol–water partition coefficient (Wildman–Crippen LogP) is 4.42. The van der Waals surface area contributed by atoms with Crippen molar-refractivity contribution in [3.63, 3.8) is 0 Å².